The highest BCUT2D eigenvalue weighted by Crippen LogP contribution is 2.24. The molecule has 1 unspecified atom stereocenters. The van der Waals surface area contributed by atoms with Gasteiger partial charge in [-0.05, 0) is 17.5 Å². The fourth-order valence-electron chi connectivity index (χ4n) is 2.76. The van der Waals surface area contributed by atoms with Gasteiger partial charge in [0.1, 0.15) is 0 Å². The Morgan fingerprint density at radius 2 is 2.14 bits per heavy atom. The van der Waals surface area contributed by atoms with E-state index in [9.17, 15) is 0 Å². The molecule has 1 aliphatic rings. The Bertz CT molecular complexity index is 527. The number of hydrogen-bond donors (Lipinski definition) is 1. The highest BCUT2D eigenvalue weighted by molar-refractivity contribution is 7.07. The Kier molecular flexibility index (Phi) is 6.18. The number of aromatic nitrogens is 1. The van der Waals surface area contributed by atoms with Crippen molar-refractivity contribution in [2.75, 3.05) is 19.6 Å². The SMILES string of the molecule is CCc1ccc(C2CNCCN2Cc2cscn2)cc1.Cl. The van der Waals surface area contributed by atoms with Crippen molar-refractivity contribution in [1.29, 1.82) is 0 Å². The molecule has 114 valence electrons. The van der Waals surface area contributed by atoms with E-state index >= 15 is 0 Å². The van der Waals surface area contributed by atoms with E-state index in [0.29, 0.717) is 6.04 Å². The summed E-state index contributed by atoms with van der Waals surface area (Å²) < 4.78 is 0. The summed E-state index contributed by atoms with van der Waals surface area (Å²) in [6.45, 7) is 6.32. The van der Waals surface area contributed by atoms with Crippen LogP contribution >= 0.6 is 23.7 Å². The van der Waals surface area contributed by atoms with Crippen LogP contribution in [0, 0.1) is 0 Å². The molecule has 1 N–H and O–H groups in total. The molecule has 0 bridgehead atoms. The van der Waals surface area contributed by atoms with Crippen molar-refractivity contribution in [3.8, 4) is 0 Å². The van der Waals surface area contributed by atoms with E-state index in [1.807, 2.05) is 5.51 Å². The zero-order chi connectivity index (χ0) is 13.8. The van der Waals surface area contributed by atoms with Gasteiger partial charge < -0.3 is 5.32 Å². The molecule has 0 spiro atoms. The summed E-state index contributed by atoms with van der Waals surface area (Å²) in [5.74, 6) is 0. The molecule has 1 aromatic carbocycles. The van der Waals surface area contributed by atoms with Crippen LogP contribution in [0.25, 0.3) is 0 Å². The molecule has 1 aromatic heterocycles. The van der Waals surface area contributed by atoms with Crippen LogP contribution in [-0.4, -0.2) is 29.5 Å². The molecule has 1 saturated heterocycles. The number of nitrogens with zero attached hydrogens (tertiary/aromatic N) is 2. The van der Waals surface area contributed by atoms with Crippen LogP contribution in [0.15, 0.2) is 35.2 Å². The summed E-state index contributed by atoms with van der Waals surface area (Å²) in [6, 6.07) is 9.53. The minimum Gasteiger partial charge on any atom is -0.314 e. The summed E-state index contributed by atoms with van der Waals surface area (Å²) >= 11 is 1.68. The van der Waals surface area contributed by atoms with Crippen LogP contribution in [0.5, 0.6) is 0 Å². The highest BCUT2D eigenvalue weighted by Gasteiger charge is 2.24. The first-order chi connectivity index (χ1) is 9.86. The van der Waals surface area contributed by atoms with Crippen LogP contribution in [-0.2, 0) is 13.0 Å². The van der Waals surface area contributed by atoms with Crippen molar-refractivity contribution >= 4 is 23.7 Å². The second kappa shape index (κ2) is 7.90. The highest BCUT2D eigenvalue weighted by atomic mass is 35.5. The van der Waals surface area contributed by atoms with Gasteiger partial charge >= 0.3 is 0 Å². The number of piperazine rings is 1. The maximum absolute atomic E-state index is 4.42. The number of hydrogen-bond acceptors (Lipinski definition) is 4. The first-order valence-corrected chi connectivity index (χ1v) is 8.21. The number of rotatable bonds is 4. The number of aryl methyl sites for hydroxylation is 1. The van der Waals surface area contributed by atoms with Crippen molar-refractivity contribution in [3.63, 3.8) is 0 Å². The number of thiazole rings is 1. The Balaban J connectivity index is 0.00000161. The maximum atomic E-state index is 4.42. The minimum atomic E-state index is 0. The molecular weight excluding hydrogens is 302 g/mol. The van der Waals surface area contributed by atoms with Crippen molar-refractivity contribution in [2.24, 2.45) is 0 Å². The van der Waals surface area contributed by atoms with E-state index in [1.165, 1.54) is 16.8 Å². The molecule has 21 heavy (non-hydrogen) atoms. The van der Waals surface area contributed by atoms with E-state index in [0.717, 1.165) is 32.6 Å². The van der Waals surface area contributed by atoms with Crippen LogP contribution in [0.3, 0.4) is 0 Å². The van der Waals surface area contributed by atoms with Gasteiger partial charge in [0.15, 0.2) is 0 Å². The van der Waals surface area contributed by atoms with Crippen molar-refractivity contribution in [1.82, 2.24) is 15.2 Å². The van der Waals surface area contributed by atoms with Gasteiger partial charge in [0.05, 0.1) is 11.2 Å². The Hall–Kier alpha value is -0.940. The van der Waals surface area contributed by atoms with E-state index in [1.54, 1.807) is 11.3 Å². The summed E-state index contributed by atoms with van der Waals surface area (Å²) in [6.07, 6.45) is 1.10. The zero-order valence-corrected chi connectivity index (χ0v) is 13.9. The molecule has 3 rings (SSSR count). The summed E-state index contributed by atoms with van der Waals surface area (Å²) in [5, 5.41) is 5.66. The van der Waals surface area contributed by atoms with Crippen LogP contribution in [0.2, 0.25) is 0 Å². The van der Waals surface area contributed by atoms with Crippen molar-refractivity contribution in [3.05, 3.63) is 52.0 Å². The predicted molar refractivity (Wildman–Crippen MR) is 91.2 cm³/mol. The Labute approximate surface area is 136 Å². The third-order valence-electron chi connectivity index (χ3n) is 3.98. The van der Waals surface area contributed by atoms with Gasteiger partial charge in [-0.1, -0.05) is 31.2 Å². The molecule has 0 amide bonds. The van der Waals surface area contributed by atoms with Crippen molar-refractivity contribution in [2.45, 2.75) is 25.9 Å². The van der Waals surface area contributed by atoms with E-state index in [4.69, 9.17) is 0 Å². The summed E-state index contributed by atoms with van der Waals surface area (Å²) in [5.41, 5.74) is 5.92. The first kappa shape index (κ1) is 16.4. The second-order valence-electron chi connectivity index (χ2n) is 5.27. The van der Waals surface area contributed by atoms with Crippen molar-refractivity contribution < 1.29 is 0 Å². The number of nitrogens with one attached hydrogen (secondary N) is 1. The molecule has 0 saturated carbocycles. The average molecular weight is 324 g/mol. The predicted octanol–water partition coefficient (Wildman–Crippen LogP) is 3.27. The number of halogens is 1. The third-order valence-corrected chi connectivity index (χ3v) is 4.61. The van der Waals surface area contributed by atoms with Gasteiger partial charge in [-0.3, -0.25) is 4.90 Å². The van der Waals surface area contributed by atoms with Crippen LogP contribution < -0.4 is 5.32 Å². The average Bonchev–Trinajstić information content (AvgIpc) is 3.01. The lowest BCUT2D eigenvalue weighted by molar-refractivity contribution is 0.152. The molecule has 2 aromatic rings. The van der Waals surface area contributed by atoms with Crippen LogP contribution in [0.1, 0.15) is 29.8 Å². The molecule has 2 heterocycles. The Morgan fingerprint density at radius 3 is 2.81 bits per heavy atom. The normalized spacial score (nSPS) is 19.2. The van der Waals surface area contributed by atoms with Gasteiger partial charge in [0, 0.05) is 37.6 Å². The molecular formula is C16H22ClN3S. The lowest BCUT2D eigenvalue weighted by atomic mass is 10.0. The zero-order valence-electron chi connectivity index (χ0n) is 12.3. The fraction of sp³-hybridized carbons (Fsp3) is 0.438. The molecule has 1 aliphatic heterocycles. The summed E-state index contributed by atoms with van der Waals surface area (Å²) in [7, 11) is 0. The van der Waals surface area contributed by atoms with Gasteiger partial charge in [0.25, 0.3) is 0 Å². The van der Waals surface area contributed by atoms with E-state index in [-0.39, 0.29) is 12.4 Å². The third kappa shape index (κ3) is 4.04. The maximum Gasteiger partial charge on any atom is 0.0795 e. The Morgan fingerprint density at radius 1 is 1.33 bits per heavy atom. The minimum absolute atomic E-state index is 0. The van der Waals surface area contributed by atoms with Gasteiger partial charge in [-0.2, -0.15) is 0 Å². The van der Waals surface area contributed by atoms with Gasteiger partial charge in [-0.25, -0.2) is 4.98 Å². The lowest BCUT2D eigenvalue weighted by Gasteiger charge is -2.36. The molecule has 3 nitrogen and oxygen atoms in total. The topological polar surface area (TPSA) is 28.2 Å². The van der Waals surface area contributed by atoms with Gasteiger partial charge in [-0.15, -0.1) is 23.7 Å². The quantitative estimate of drug-likeness (QED) is 0.936. The molecule has 0 aliphatic carbocycles. The molecule has 1 fully saturated rings. The molecule has 1 atom stereocenters. The van der Waals surface area contributed by atoms with E-state index < -0.39 is 0 Å². The fourth-order valence-corrected chi connectivity index (χ4v) is 3.31. The first-order valence-electron chi connectivity index (χ1n) is 7.27. The molecule has 5 heteroatoms. The van der Waals surface area contributed by atoms with Crippen LogP contribution in [0.4, 0.5) is 0 Å². The van der Waals surface area contributed by atoms with E-state index in [2.05, 4.69) is 51.8 Å². The largest absolute Gasteiger partial charge is 0.314 e. The number of benzene rings is 1. The molecule has 0 radical (unpaired) electrons. The lowest BCUT2D eigenvalue weighted by Crippen LogP contribution is -2.45. The second-order valence-corrected chi connectivity index (χ2v) is 5.98. The smallest absolute Gasteiger partial charge is 0.0795 e. The monoisotopic (exact) mass is 323 g/mol. The standard InChI is InChI=1S/C16H21N3S.ClH/c1-2-13-3-5-14(6-4-13)16-9-17-7-8-19(16)10-15-11-20-12-18-15;/h3-6,11-12,16-17H,2,7-10H2,1H3;1H. The van der Waals surface area contributed by atoms with Gasteiger partial charge in [0.2, 0.25) is 0 Å². The summed E-state index contributed by atoms with van der Waals surface area (Å²) in [4.78, 5) is 6.96.